The fraction of sp³-hybridized carbons (Fsp3) is 0.452. The first-order valence-corrected chi connectivity index (χ1v) is 15.7. The molecule has 12 heteroatoms. The van der Waals surface area contributed by atoms with Gasteiger partial charge in [0.05, 0.1) is 23.4 Å². The summed E-state index contributed by atoms with van der Waals surface area (Å²) in [6, 6.07) is 12.4. The number of nitrogens with zero attached hydrogens (tertiary/aromatic N) is 7. The SMILES string of the molecule is Cc1cc(Nc2cc3nc(-c4cccc(C(=O)N(C)CC5CCOC5)c4)sc3cn2)nc(N2C[C@@H]3C[C@H]2CN3CCO)n1. The Hall–Kier alpha value is -3.71. The highest BCUT2D eigenvalue weighted by molar-refractivity contribution is 7.21. The summed E-state index contributed by atoms with van der Waals surface area (Å²) < 4.78 is 6.44. The molecule has 7 rings (SSSR count). The number of fused-ring (bicyclic) bond motifs is 3. The van der Waals surface area contributed by atoms with Gasteiger partial charge in [-0.1, -0.05) is 12.1 Å². The maximum absolute atomic E-state index is 13.1. The monoisotopic (exact) mass is 600 g/mol. The highest BCUT2D eigenvalue weighted by Gasteiger charge is 2.44. The number of aromatic nitrogens is 4. The number of pyridine rings is 1. The number of carbonyl (C=O) groups excluding carboxylic acids is 1. The molecule has 3 fully saturated rings. The average molecular weight is 601 g/mol. The first-order valence-electron chi connectivity index (χ1n) is 14.9. The molecule has 3 aliphatic rings. The summed E-state index contributed by atoms with van der Waals surface area (Å²) in [6.07, 6.45) is 3.90. The predicted octanol–water partition coefficient (Wildman–Crippen LogP) is 3.56. The molecule has 224 valence electrons. The average Bonchev–Trinajstić information content (AvgIpc) is 3.81. The quantitative estimate of drug-likeness (QED) is 0.295. The molecule has 43 heavy (non-hydrogen) atoms. The second-order valence-corrected chi connectivity index (χ2v) is 12.8. The number of amides is 1. The van der Waals surface area contributed by atoms with Gasteiger partial charge < -0.3 is 25.0 Å². The lowest BCUT2D eigenvalue weighted by Crippen LogP contribution is -2.47. The number of carbonyl (C=O) groups is 1. The van der Waals surface area contributed by atoms with Crippen molar-refractivity contribution in [1.29, 1.82) is 0 Å². The first kappa shape index (κ1) is 28.1. The van der Waals surface area contributed by atoms with E-state index in [2.05, 4.69) is 20.1 Å². The largest absolute Gasteiger partial charge is 0.395 e. The Morgan fingerprint density at radius 2 is 2.07 bits per heavy atom. The summed E-state index contributed by atoms with van der Waals surface area (Å²) in [7, 11) is 1.86. The number of nitrogens with one attached hydrogen (secondary N) is 1. The minimum Gasteiger partial charge on any atom is -0.395 e. The number of benzene rings is 1. The summed E-state index contributed by atoms with van der Waals surface area (Å²) in [4.78, 5) is 38.7. The van der Waals surface area contributed by atoms with Crippen molar-refractivity contribution >= 4 is 45.0 Å². The minimum atomic E-state index is 0.00627. The number of β-amino-alcohol motifs (C(OH)–C–C–N with tert-alkyl or cyclic N) is 1. The van der Waals surface area contributed by atoms with Crippen molar-refractivity contribution in [1.82, 2.24) is 29.7 Å². The number of anilines is 3. The highest BCUT2D eigenvalue weighted by Crippen LogP contribution is 2.34. The van der Waals surface area contributed by atoms with Crippen molar-refractivity contribution < 1.29 is 14.6 Å². The molecule has 0 aliphatic carbocycles. The third-order valence-corrected chi connectivity index (χ3v) is 9.69. The Morgan fingerprint density at radius 3 is 2.86 bits per heavy atom. The number of hydrogen-bond acceptors (Lipinski definition) is 11. The van der Waals surface area contributed by atoms with E-state index in [0.717, 1.165) is 78.1 Å². The molecule has 3 aliphatic heterocycles. The third kappa shape index (κ3) is 5.79. The molecular formula is C31H36N8O3S. The molecule has 6 heterocycles. The zero-order chi connectivity index (χ0) is 29.5. The van der Waals surface area contributed by atoms with Crippen LogP contribution in [0, 0.1) is 12.8 Å². The van der Waals surface area contributed by atoms with Crippen LogP contribution in [0.15, 0.2) is 42.6 Å². The number of likely N-dealkylation sites (tertiary alicyclic amines) is 1. The van der Waals surface area contributed by atoms with E-state index < -0.39 is 0 Å². The van der Waals surface area contributed by atoms with E-state index in [-0.39, 0.29) is 12.5 Å². The number of hydrogen-bond donors (Lipinski definition) is 2. The second kappa shape index (κ2) is 11.8. The Labute approximate surface area is 254 Å². The molecule has 0 radical (unpaired) electrons. The van der Waals surface area contributed by atoms with Crippen LogP contribution >= 0.6 is 11.3 Å². The molecule has 2 bridgehead atoms. The van der Waals surface area contributed by atoms with E-state index in [0.29, 0.717) is 41.7 Å². The lowest BCUT2D eigenvalue weighted by atomic mass is 10.1. The van der Waals surface area contributed by atoms with Crippen LogP contribution in [0.3, 0.4) is 0 Å². The van der Waals surface area contributed by atoms with E-state index in [1.807, 2.05) is 56.6 Å². The van der Waals surface area contributed by atoms with Crippen LogP contribution < -0.4 is 10.2 Å². The van der Waals surface area contributed by atoms with Gasteiger partial charge in [0.15, 0.2) is 0 Å². The Morgan fingerprint density at radius 1 is 1.16 bits per heavy atom. The van der Waals surface area contributed by atoms with Gasteiger partial charge in [-0.25, -0.2) is 15.0 Å². The molecule has 3 aromatic heterocycles. The standard InChI is InChI=1S/C31H36N8O3S/c1-19-10-28(36-31(33-19)39-17-23-12-24(39)16-38(23)7-8-40)35-27-13-25-26(14-32-27)43-29(34-25)21-4-3-5-22(11-21)30(41)37(2)15-20-6-9-42-18-20/h3-5,10-11,13-14,20,23-24,40H,6-9,12,15-18H2,1-2H3,(H,32,33,35,36)/t20?,23-,24-/m0/s1. The van der Waals surface area contributed by atoms with Crippen molar-refractivity contribution in [3.05, 3.63) is 53.9 Å². The van der Waals surface area contributed by atoms with Crippen molar-refractivity contribution in [2.45, 2.75) is 31.8 Å². The van der Waals surface area contributed by atoms with Gasteiger partial charge in [-0.15, -0.1) is 11.3 Å². The van der Waals surface area contributed by atoms with Crippen LogP contribution in [-0.4, -0.2) is 106 Å². The molecule has 1 amide bonds. The van der Waals surface area contributed by atoms with E-state index in [1.54, 1.807) is 16.2 Å². The van der Waals surface area contributed by atoms with Crippen LogP contribution in [0.25, 0.3) is 20.8 Å². The lowest BCUT2D eigenvalue weighted by Gasteiger charge is -2.34. The van der Waals surface area contributed by atoms with Gasteiger partial charge in [0.2, 0.25) is 5.95 Å². The van der Waals surface area contributed by atoms with Crippen molar-refractivity contribution in [2.75, 3.05) is 63.3 Å². The normalized spacial score (nSPS) is 21.7. The zero-order valence-corrected chi connectivity index (χ0v) is 25.3. The Bertz CT molecular complexity index is 1640. The van der Waals surface area contributed by atoms with Crippen LogP contribution in [0.5, 0.6) is 0 Å². The molecule has 4 aromatic rings. The smallest absolute Gasteiger partial charge is 0.253 e. The maximum atomic E-state index is 13.1. The number of aliphatic hydroxyl groups excluding tert-OH is 1. The van der Waals surface area contributed by atoms with Gasteiger partial charge in [0.25, 0.3) is 5.91 Å². The molecule has 0 saturated carbocycles. The number of aryl methyl sites for hydroxylation is 1. The van der Waals surface area contributed by atoms with Gasteiger partial charge >= 0.3 is 0 Å². The fourth-order valence-electron chi connectivity index (χ4n) is 6.50. The van der Waals surface area contributed by atoms with Gasteiger partial charge in [-0.05, 0) is 31.9 Å². The van der Waals surface area contributed by atoms with Crippen molar-refractivity contribution in [2.24, 2.45) is 5.92 Å². The number of rotatable bonds is 9. The summed E-state index contributed by atoms with van der Waals surface area (Å²) >= 11 is 1.56. The number of thiazole rings is 1. The van der Waals surface area contributed by atoms with Crippen LogP contribution in [0.4, 0.5) is 17.6 Å². The van der Waals surface area contributed by atoms with E-state index in [1.165, 1.54) is 0 Å². The van der Waals surface area contributed by atoms with Gasteiger partial charge in [-0.3, -0.25) is 9.69 Å². The first-order chi connectivity index (χ1) is 20.9. The summed E-state index contributed by atoms with van der Waals surface area (Å²) in [5.41, 5.74) is 3.28. The zero-order valence-electron chi connectivity index (χ0n) is 24.4. The summed E-state index contributed by atoms with van der Waals surface area (Å²) in [5.74, 6) is 2.48. The van der Waals surface area contributed by atoms with Crippen LogP contribution in [0.2, 0.25) is 0 Å². The topological polar surface area (TPSA) is 120 Å². The highest BCUT2D eigenvalue weighted by atomic mass is 32.1. The third-order valence-electron chi connectivity index (χ3n) is 8.63. The van der Waals surface area contributed by atoms with Gasteiger partial charge in [0, 0.05) is 93.0 Å². The fourth-order valence-corrected chi connectivity index (χ4v) is 7.41. The Kier molecular flexibility index (Phi) is 7.68. The van der Waals surface area contributed by atoms with Crippen LogP contribution in [0.1, 0.15) is 28.9 Å². The molecule has 2 N–H and O–H groups in total. The number of aliphatic hydroxyl groups is 1. The molecule has 11 nitrogen and oxygen atoms in total. The van der Waals surface area contributed by atoms with E-state index >= 15 is 0 Å². The molecule has 0 spiro atoms. The van der Waals surface area contributed by atoms with E-state index in [4.69, 9.17) is 19.7 Å². The molecular weight excluding hydrogens is 564 g/mol. The van der Waals surface area contributed by atoms with Crippen molar-refractivity contribution in [3.63, 3.8) is 0 Å². The van der Waals surface area contributed by atoms with Crippen LogP contribution in [-0.2, 0) is 4.74 Å². The van der Waals surface area contributed by atoms with Crippen molar-refractivity contribution in [3.8, 4) is 10.6 Å². The maximum Gasteiger partial charge on any atom is 0.253 e. The Balaban J connectivity index is 1.06. The van der Waals surface area contributed by atoms with Gasteiger partial charge in [0.1, 0.15) is 16.6 Å². The predicted molar refractivity (Wildman–Crippen MR) is 167 cm³/mol. The number of ether oxygens (including phenoxy) is 1. The van der Waals surface area contributed by atoms with E-state index in [9.17, 15) is 9.90 Å². The molecule has 3 saturated heterocycles. The van der Waals surface area contributed by atoms with Gasteiger partial charge in [-0.2, -0.15) is 4.98 Å². The molecule has 1 aromatic carbocycles. The molecule has 3 atom stereocenters. The molecule has 1 unspecified atom stereocenters. The number of piperazine rings is 1. The summed E-state index contributed by atoms with van der Waals surface area (Å²) in [5, 5.41) is 13.6. The minimum absolute atomic E-state index is 0.00627. The second-order valence-electron chi connectivity index (χ2n) is 11.8. The summed E-state index contributed by atoms with van der Waals surface area (Å²) in [6.45, 7) is 6.88. The lowest BCUT2D eigenvalue weighted by molar-refractivity contribution is 0.0766.